The van der Waals surface area contributed by atoms with E-state index in [9.17, 15) is 0 Å². The summed E-state index contributed by atoms with van der Waals surface area (Å²) < 4.78 is 11.3. The van der Waals surface area contributed by atoms with Gasteiger partial charge >= 0.3 is 0 Å². The zero-order valence-electron chi connectivity index (χ0n) is 12.5. The van der Waals surface area contributed by atoms with E-state index in [1.54, 1.807) is 13.2 Å². The van der Waals surface area contributed by atoms with Crippen LogP contribution in [0.4, 0.5) is 0 Å². The predicted octanol–water partition coefficient (Wildman–Crippen LogP) is 3.98. The van der Waals surface area contributed by atoms with Crippen LogP contribution in [0, 0.1) is 0 Å². The number of benzene rings is 1. The van der Waals surface area contributed by atoms with Crippen LogP contribution in [0.3, 0.4) is 0 Å². The van der Waals surface area contributed by atoms with Gasteiger partial charge in [-0.1, -0.05) is 25.4 Å². The van der Waals surface area contributed by atoms with Gasteiger partial charge in [-0.2, -0.15) is 11.8 Å². The van der Waals surface area contributed by atoms with E-state index >= 15 is 0 Å². The van der Waals surface area contributed by atoms with Crippen molar-refractivity contribution in [2.24, 2.45) is 0 Å². The molecule has 0 atom stereocenters. The van der Waals surface area contributed by atoms with Crippen molar-refractivity contribution in [2.45, 2.75) is 26.8 Å². The van der Waals surface area contributed by atoms with Crippen LogP contribution in [-0.4, -0.2) is 31.8 Å². The fourth-order valence-corrected chi connectivity index (χ4v) is 2.65. The molecule has 1 aromatic rings. The van der Waals surface area contributed by atoms with Crippen molar-refractivity contribution >= 4 is 23.4 Å². The van der Waals surface area contributed by atoms with Gasteiger partial charge in [0.05, 0.1) is 13.7 Å². The first-order valence-corrected chi connectivity index (χ1v) is 8.53. The molecule has 114 valence electrons. The van der Waals surface area contributed by atoms with Gasteiger partial charge in [0.1, 0.15) is 0 Å². The lowest BCUT2D eigenvalue weighted by molar-refractivity contribution is 0.291. The monoisotopic (exact) mass is 317 g/mol. The third-order valence-electron chi connectivity index (χ3n) is 2.77. The minimum Gasteiger partial charge on any atom is -0.493 e. The van der Waals surface area contributed by atoms with Crippen molar-refractivity contribution in [3.8, 4) is 11.5 Å². The molecule has 1 N–H and O–H groups in total. The average molecular weight is 318 g/mol. The summed E-state index contributed by atoms with van der Waals surface area (Å²) in [5.41, 5.74) is 1.04. The Kier molecular flexibility index (Phi) is 8.90. The largest absolute Gasteiger partial charge is 0.493 e. The van der Waals surface area contributed by atoms with Crippen molar-refractivity contribution in [2.75, 3.05) is 31.8 Å². The molecule has 0 unspecified atom stereocenters. The molecule has 0 spiro atoms. The summed E-state index contributed by atoms with van der Waals surface area (Å²) in [5.74, 6) is 3.78. The van der Waals surface area contributed by atoms with Gasteiger partial charge in [-0.3, -0.25) is 0 Å². The number of hydrogen-bond acceptors (Lipinski definition) is 4. The van der Waals surface area contributed by atoms with Crippen LogP contribution in [0.5, 0.6) is 11.5 Å². The summed E-state index contributed by atoms with van der Waals surface area (Å²) in [7, 11) is 1.64. The van der Waals surface area contributed by atoms with E-state index in [-0.39, 0.29) is 0 Å². The van der Waals surface area contributed by atoms with Crippen LogP contribution in [0.2, 0.25) is 5.02 Å². The van der Waals surface area contributed by atoms with Gasteiger partial charge in [0.25, 0.3) is 0 Å². The molecule has 0 saturated carbocycles. The highest BCUT2D eigenvalue weighted by Crippen LogP contribution is 2.34. The minimum absolute atomic E-state index is 0.670. The Hall–Kier alpha value is -0.580. The van der Waals surface area contributed by atoms with Gasteiger partial charge in [0, 0.05) is 23.2 Å². The van der Waals surface area contributed by atoms with Gasteiger partial charge in [0.15, 0.2) is 11.5 Å². The molecule has 20 heavy (non-hydrogen) atoms. The summed E-state index contributed by atoms with van der Waals surface area (Å²) in [6.07, 6.45) is 1.03. The summed E-state index contributed by atoms with van der Waals surface area (Å²) in [6, 6.07) is 3.73. The van der Waals surface area contributed by atoms with Gasteiger partial charge in [-0.05, 0) is 30.5 Å². The number of nitrogens with one attached hydrogen (secondary N) is 1. The Balaban J connectivity index is 2.73. The SMILES string of the molecule is CCNCc1cc(Cl)cc(OC)c1OCCCSCC. The maximum absolute atomic E-state index is 6.12. The topological polar surface area (TPSA) is 30.5 Å². The van der Waals surface area contributed by atoms with E-state index in [4.69, 9.17) is 21.1 Å². The van der Waals surface area contributed by atoms with Crippen LogP contribution in [-0.2, 0) is 6.54 Å². The van der Waals surface area contributed by atoms with E-state index in [1.807, 2.05) is 17.8 Å². The number of ether oxygens (including phenoxy) is 2. The lowest BCUT2D eigenvalue weighted by atomic mass is 10.2. The first kappa shape index (κ1) is 17.5. The average Bonchev–Trinajstić information content (AvgIpc) is 2.45. The van der Waals surface area contributed by atoms with Gasteiger partial charge in [0.2, 0.25) is 0 Å². The lowest BCUT2D eigenvalue weighted by Crippen LogP contribution is -2.13. The van der Waals surface area contributed by atoms with Crippen LogP contribution in [0.25, 0.3) is 0 Å². The number of hydrogen-bond donors (Lipinski definition) is 1. The molecular weight excluding hydrogens is 294 g/mol. The Bertz CT molecular complexity index is 402. The summed E-state index contributed by atoms with van der Waals surface area (Å²) in [6.45, 7) is 6.57. The fourth-order valence-electron chi connectivity index (χ4n) is 1.81. The molecule has 0 aliphatic carbocycles. The molecular formula is C15H24ClNO2S. The molecule has 0 heterocycles. The van der Waals surface area contributed by atoms with Crippen molar-refractivity contribution in [1.82, 2.24) is 5.32 Å². The summed E-state index contributed by atoms with van der Waals surface area (Å²) in [4.78, 5) is 0. The first-order chi connectivity index (χ1) is 9.72. The van der Waals surface area contributed by atoms with Crippen molar-refractivity contribution < 1.29 is 9.47 Å². The third kappa shape index (κ3) is 5.81. The molecule has 0 saturated heterocycles. The van der Waals surface area contributed by atoms with Crippen molar-refractivity contribution in [3.63, 3.8) is 0 Å². The minimum atomic E-state index is 0.670. The fraction of sp³-hybridized carbons (Fsp3) is 0.600. The molecule has 5 heteroatoms. The molecule has 1 aromatic carbocycles. The third-order valence-corrected chi connectivity index (χ3v) is 3.97. The molecule has 0 aromatic heterocycles. The standard InChI is InChI=1S/C15H24ClNO2S/c1-4-17-11-12-9-13(16)10-14(18-3)15(12)19-7-6-8-20-5-2/h9-10,17H,4-8,11H2,1-3H3. The van der Waals surface area contributed by atoms with E-state index in [0.29, 0.717) is 17.4 Å². The maximum atomic E-state index is 6.12. The van der Waals surface area contributed by atoms with Crippen LogP contribution < -0.4 is 14.8 Å². The molecule has 0 radical (unpaired) electrons. The molecule has 0 aliphatic heterocycles. The second-order valence-electron chi connectivity index (χ2n) is 4.28. The highest BCUT2D eigenvalue weighted by atomic mass is 35.5. The normalized spacial score (nSPS) is 10.6. The molecule has 1 rings (SSSR count). The highest BCUT2D eigenvalue weighted by molar-refractivity contribution is 7.99. The van der Waals surface area contributed by atoms with E-state index in [1.165, 1.54) is 0 Å². The number of rotatable bonds is 10. The van der Waals surface area contributed by atoms with Crippen LogP contribution in [0.15, 0.2) is 12.1 Å². The molecule has 0 aliphatic rings. The smallest absolute Gasteiger partial charge is 0.165 e. The lowest BCUT2D eigenvalue weighted by Gasteiger charge is -2.16. The van der Waals surface area contributed by atoms with Crippen LogP contribution in [0.1, 0.15) is 25.8 Å². The second-order valence-corrected chi connectivity index (χ2v) is 6.11. The molecule has 0 amide bonds. The Morgan fingerprint density at radius 2 is 2.10 bits per heavy atom. The van der Waals surface area contributed by atoms with Gasteiger partial charge < -0.3 is 14.8 Å². The number of methoxy groups -OCH3 is 1. The van der Waals surface area contributed by atoms with E-state index in [2.05, 4.69) is 19.2 Å². The molecule has 3 nitrogen and oxygen atoms in total. The Morgan fingerprint density at radius 3 is 2.75 bits per heavy atom. The van der Waals surface area contributed by atoms with Crippen LogP contribution >= 0.6 is 23.4 Å². The summed E-state index contributed by atoms with van der Waals surface area (Å²) in [5, 5.41) is 3.97. The van der Waals surface area contributed by atoms with Crippen molar-refractivity contribution in [1.29, 1.82) is 0 Å². The molecule has 0 fully saturated rings. The number of halogens is 1. The highest BCUT2D eigenvalue weighted by Gasteiger charge is 2.12. The second kappa shape index (κ2) is 10.2. The zero-order valence-corrected chi connectivity index (χ0v) is 14.1. The first-order valence-electron chi connectivity index (χ1n) is 7.00. The van der Waals surface area contributed by atoms with Gasteiger partial charge in [-0.15, -0.1) is 0 Å². The quantitative estimate of drug-likeness (QED) is 0.661. The zero-order chi connectivity index (χ0) is 14.8. The molecule has 0 bridgehead atoms. The van der Waals surface area contributed by atoms with E-state index < -0.39 is 0 Å². The Labute approximate surface area is 131 Å². The maximum Gasteiger partial charge on any atom is 0.165 e. The number of thioether (sulfide) groups is 1. The summed E-state index contributed by atoms with van der Waals surface area (Å²) >= 11 is 8.04. The Morgan fingerprint density at radius 1 is 1.30 bits per heavy atom. The predicted molar refractivity (Wildman–Crippen MR) is 88.5 cm³/mol. The van der Waals surface area contributed by atoms with Crippen molar-refractivity contribution in [3.05, 3.63) is 22.7 Å². The van der Waals surface area contributed by atoms with E-state index in [0.717, 1.165) is 42.3 Å². The van der Waals surface area contributed by atoms with Gasteiger partial charge in [-0.25, -0.2) is 0 Å².